The minimum atomic E-state index is -0.0928. The molecule has 1 aliphatic carbocycles. The lowest BCUT2D eigenvalue weighted by Gasteiger charge is -2.31. The van der Waals surface area contributed by atoms with Crippen LogP contribution >= 0.6 is 0 Å². The van der Waals surface area contributed by atoms with Gasteiger partial charge in [0.05, 0.1) is 5.69 Å². The molecule has 0 atom stereocenters. The Morgan fingerprint density at radius 2 is 1.05 bits per heavy atom. The highest BCUT2D eigenvalue weighted by atomic mass is 16.3. The molecule has 10 aromatic rings. The van der Waals surface area contributed by atoms with Gasteiger partial charge < -0.3 is 9.32 Å². The van der Waals surface area contributed by atoms with Crippen molar-refractivity contribution in [2.75, 3.05) is 4.90 Å². The quantitative estimate of drug-likeness (QED) is 0.157. The zero-order valence-corrected chi connectivity index (χ0v) is 34.4. The Morgan fingerprint density at radius 1 is 0.419 bits per heavy atom. The van der Waals surface area contributed by atoms with Gasteiger partial charge in [0.25, 0.3) is 0 Å². The van der Waals surface area contributed by atoms with Crippen molar-refractivity contribution in [2.45, 2.75) is 19.3 Å². The maximum atomic E-state index is 6.81. The van der Waals surface area contributed by atoms with E-state index in [1.54, 1.807) is 0 Å². The molecule has 62 heavy (non-hydrogen) atoms. The summed E-state index contributed by atoms with van der Waals surface area (Å²) in [6.07, 6.45) is 0. The van der Waals surface area contributed by atoms with Crippen molar-refractivity contribution in [3.63, 3.8) is 0 Å². The highest BCUT2D eigenvalue weighted by Gasteiger charge is 2.35. The Kier molecular flexibility index (Phi) is 8.84. The standard InChI is InChI=1S/C55H34B5NO/c1-55(2)43-21-10-8-19-38(43)41-27-34(23-24-44(41)55)40-28-35(30-47-48(40)39-20-9-11-22-46(39)62-47)31-15-12-18-37(25-31)61(36-16-4-3-5-17-36)45-29-33-14-7-6-13-32(33)26-42(45)49-50(56)52(58)54(60)53(59)51(49)57/h3-30H,1-2H3. The summed E-state index contributed by atoms with van der Waals surface area (Å²) in [5.74, 6) is 0. The maximum Gasteiger partial charge on any atom is 0.136 e. The van der Waals surface area contributed by atoms with Crippen LogP contribution in [0, 0.1) is 0 Å². The number of fused-ring (bicyclic) bond motifs is 7. The van der Waals surface area contributed by atoms with Gasteiger partial charge in [-0.15, -0.1) is 16.4 Å². The first-order chi connectivity index (χ1) is 30.1. The highest BCUT2D eigenvalue weighted by Crippen LogP contribution is 2.51. The van der Waals surface area contributed by atoms with Gasteiger partial charge in [0.2, 0.25) is 0 Å². The van der Waals surface area contributed by atoms with E-state index in [1.165, 1.54) is 22.3 Å². The molecule has 0 amide bonds. The molecule has 10 radical (unpaired) electrons. The van der Waals surface area contributed by atoms with Gasteiger partial charge in [-0.05, 0) is 122 Å². The molecular formula is C55H34B5NO. The van der Waals surface area contributed by atoms with Gasteiger partial charge in [-0.25, -0.2) is 0 Å². The summed E-state index contributed by atoms with van der Waals surface area (Å²) in [6.45, 7) is 4.63. The van der Waals surface area contributed by atoms with Crippen molar-refractivity contribution in [1.82, 2.24) is 0 Å². The Bertz CT molecular complexity index is 3430. The molecule has 0 unspecified atom stereocenters. The number of hydrogen-bond acceptors (Lipinski definition) is 2. The molecule has 7 heteroatoms. The number of benzene rings is 9. The zero-order valence-electron chi connectivity index (χ0n) is 34.4. The van der Waals surface area contributed by atoms with Crippen molar-refractivity contribution in [2.24, 2.45) is 0 Å². The lowest BCUT2D eigenvalue weighted by Crippen LogP contribution is -2.55. The predicted molar refractivity (Wildman–Crippen MR) is 267 cm³/mol. The van der Waals surface area contributed by atoms with Crippen LogP contribution in [0.3, 0.4) is 0 Å². The van der Waals surface area contributed by atoms with Gasteiger partial charge in [-0.2, -0.15) is 0 Å². The van der Waals surface area contributed by atoms with Crippen LogP contribution in [0.2, 0.25) is 0 Å². The first kappa shape index (κ1) is 38.1. The topological polar surface area (TPSA) is 16.4 Å². The Hall–Kier alpha value is -6.84. The molecule has 1 aliphatic rings. The van der Waals surface area contributed by atoms with E-state index in [0.717, 1.165) is 77.6 Å². The predicted octanol–water partition coefficient (Wildman–Crippen LogP) is 9.49. The largest absolute Gasteiger partial charge is 0.456 e. The number of nitrogens with zero attached hydrogens (tertiary/aromatic N) is 1. The van der Waals surface area contributed by atoms with Crippen LogP contribution in [0.15, 0.2) is 174 Å². The monoisotopic (exact) mass is 779 g/mol. The van der Waals surface area contributed by atoms with Crippen LogP contribution in [0.5, 0.6) is 0 Å². The van der Waals surface area contributed by atoms with Crippen LogP contribution in [-0.4, -0.2) is 39.2 Å². The van der Waals surface area contributed by atoms with E-state index in [9.17, 15) is 0 Å². The second kappa shape index (κ2) is 14.4. The third kappa shape index (κ3) is 5.86. The molecule has 0 saturated heterocycles. The van der Waals surface area contributed by atoms with Gasteiger partial charge in [-0.1, -0.05) is 134 Å². The lowest BCUT2D eigenvalue weighted by atomic mass is 9.59. The number of rotatable bonds is 6. The fourth-order valence-corrected chi connectivity index (χ4v) is 9.72. The first-order valence-corrected chi connectivity index (χ1v) is 20.8. The van der Waals surface area contributed by atoms with Gasteiger partial charge in [0, 0.05) is 33.1 Å². The Labute approximate surface area is 368 Å². The van der Waals surface area contributed by atoms with E-state index in [4.69, 9.17) is 43.6 Å². The van der Waals surface area contributed by atoms with Gasteiger partial charge in [0.1, 0.15) is 50.4 Å². The van der Waals surface area contributed by atoms with Crippen LogP contribution in [0.4, 0.5) is 17.1 Å². The van der Waals surface area contributed by atoms with Crippen LogP contribution < -0.4 is 32.2 Å². The molecule has 0 N–H and O–H groups in total. The summed E-state index contributed by atoms with van der Waals surface area (Å²) in [5.41, 5.74) is 16.2. The summed E-state index contributed by atoms with van der Waals surface area (Å²) in [6, 6.07) is 59.8. The van der Waals surface area contributed by atoms with E-state index < -0.39 is 0 Å². The van der Waals surface area contributed by atoms with E-state index in [1.807, 2.05) is 42.5 Å². The molecule has 0 bridgehead atoms. The summed E-state index contributed by atoms with van der Waals surface area (Å²) >= 11 is 0. The van der Waals surface area contributed by atoms with Crippen LogP contribution in [0.1, 0.15) is 25.0 Å². The summed E-state index contributed by atoms with van der Waals surface area (Å²) < 4.78 is 6.67. The van der Waals surface area contributed by atoms with Crippen molar-refractivity contribution in [3.05, 3.63) is 181 Å². The summed E-state index contributed by atoms with van der Waals surface area (Å²) in [7, 11) is 32.9. The fourth-order valence-electron chi connectivity index (χ4n) is 9.72. The third-order valence-corrected chi connectivity index (χ3v) is 12.9. The zero-order chi connectivity index (χ0) is 42.4. The maximum absolute atomic E-state index is 6.81. The fraction of sp³-hybridized carbons (Fsp3) is 0.0545. The van der Waals surface area contributed by atoms with Crippen molar-refractivity contribution in [3.8, 4) is 44.5 Å². The SMILES string of the molecule is [B]c1c([B])c([B])c(-c2cc3ccccc3cc2N(c2ccccc2)c2cccc(-c3cc(-c4ccc5c(c4)-c4ccccc4C5(C)C)c4c(c3)oc3ccccc34)c2)c([B])c1[B]. The molecular weight excluding hydrogens is 745 g/mol. The molecule has 2 nitrogen and oxygen atoms in total. The van der Waals surface area contributed by atoms with E-state index in [2.05, 4.69) is 146 Å². The van der Waals surface area contributed by atoms with Gasteiger partial charge >= 0.3 is 0 Å². The van der Waals surface area contributed by atoms with Gasteiger partial charge in [-0.3, -0.25) is 0 Å². The van der Waals surface area contributed by atoms with Gasteiger partial charge in [0.15, 0.2) is 0 Å². The highest BCUT2D eigenvalue weighted by molar-refractivity contribution is 6.68. The third-order valence-electron chi connectivity index (χ3n) is 12.9. The molecule has 0 fully saturated rings. The van der Waals surface area contributed by atoms with E-state index >= 15 is 0 Å². The van der Waals surface area contributed by atoms with E-state index in [-0.39, 0.29) is 32.7 Å². The Balaban J connectivity index is 1.14. The van der Waals surface area contributed by atoms with E-state index in [0.29, 0.717) is 5.56 Å². The molecule has 11 rings (SSSR count). The molecule has 1 aromatic heterocycles. The molecule has 0 aliphatic heterocycles. The molecule has 1 heterocycles. The molecule has 9 aromatic carbocycles. The normalized spacial score (nSPS) is 12.8. The smallest absolute Gasteiger partial charge is 0.136 e. The lowest BCUT2D eigenvalue weighted by molar-refractivity contribution is 0.660. The molecule has 0 spiro atoms. The van der Waals surface area contributed by atoms with Crippen molar-refractivity contribution >= 4 is 116 Å². The summed E-state index contributed by atoms with van der Waals surface area (Å²) in [5, 5.41) is 4.22. The van der Waals surface area contributed by atoms with Crippen molar-refractivity contribution in [1.29, 1.82) is 0 Å². The van der Waals surface area contributed by atoms with Crippen molar-refractivity contribution < 1.29 is 4.42 Å². The average Bonchev–Trinajstić information content (AvgIpc) is 3.79. The summed E-state index contributed by atoms with van der Waals surface area (Å²) in [4.78, 5) is 2.23. The second-order valence-electron chi connectivity index (χ2n) is 16.8. The number of anilines is 3. The number of furan rings is 1. The molecule has 280 valence electrons. The second-order valence-corrected chi connectivity index (χ2v) is 16.8. The Morgan fingerprint density at radius 3 is 1.84 bits per heavy atom. The minimum Gasteiger partial charge on any atom is -0.456 e. The van der Waals surface area contributed by atoms with Crippen LogP contribution in [0.25, 0.3) is 77.2 Å². The first-order valence-electron chi connectivity index (χ1n) is 20.8. The number of para-hydroxylation sites is 2. The number of hydrogen-bond donors (Lipinski definition) is 0. The van der Waals surface area contributed by atoms with Crippen LogP contribution in [-0.2, 0) is 5.41 Å². The average molecular weight is 779 g/mol. The minimum absolute atomic E-state index is 0.0928. The molecule has 0 saturated carbocycles.